The summed E-state index contributed by atoms with van der Waals surface area (Å²) >= 11 is 3.15. The molecule has 4 aromatic heterocycles. The first-order valence-corrected chi connectivity index (χ1v) is 21.2. The van der Waals surface area contributed by atoms with Gasteiger partial charge in [0.05, 0.1) is 32.9 Å². The van der Waals surface area contributed by atoms with Crippen molar-refractivity contribution in [3.8, 4) is 11.4 Å². The van der Waals surface area contributed by atoms with Crippen LogP contribution < -0.4 is 22.2 Å². The molecule has 0 amide bonds. The molecule has 7 aromatic carbocycles. The molecule has 0 aliphatic carbocycles. The van der Waals surface area contributed by atoms with Crippen molar-refractivity contribution in [2.45, 2.75) is 79.1 Å². The topological polar surface area (TPSA) is 78.1 Å². The van der Waals surface area contributed by atoms with E-state index in [4.69, 9.17) is 0 Å². The van der Waals surface area contributed by atoms with Crippen molar-refractivity contribution in [3.05, 3.63) is 124 Å². The van der Waals surface area contributed by atoms with Crippen molar-refractivity contribution in [3.63, 3.8) is 0 Å². The van der Waals surface area contributed by atoms with E-state index in [-0.39, 0.29) is 45.9 Å². The highest BCUT2D eigenvalue weighted by Gasteiger charge is 2.32. The second-order valence-electron chi connectivity index (χ2n) is 17.0. The minimum Gasteiger partial charge on any atom is -0.268 e. The van der Waals surface area contributed by atoms with Gasteiger partial charge >= 0.3 is 0 Å². The SMILES string of the molecule is CC(C)c1cccc(C(C)C)c1-n1c(=O)c2cc3sc4cc5c(=O)n(-c6c(C(C)C)cccc6C(C)C)c(=O)c6cc7sc8cc(c1=O)c2c1c3c4c(c56)c7c81. The minimum atomic E-state index is -0.311. The Labute approximate surface area is 328 Å². The zero-order valence-electron chi connectivity index (χ0n) is 32.4. The summed E-state index contributed by atoms with van der Waals surface area (Å²) in [5.41, 5.74) is 3.99. The molecule has 0 radical (unpaired) electrons. The molecule has 0 saturated carbocycles. The highest BCUT2D eigenvalue weighted by atomic mass is 32.1. The lowest BCUT2D eigenvalue weighted by molar-refractivity contribution is 0.792. The van der Waals surface area contributed by atoms with E-state index in [1.54, 1.807) is 22.7 Å². The lowest BCUT2D eigenvalue weighted by Gasteiger charge is -2.22. The van der Waals surface area contributed by atoms with E-state index in [1.165, 1.54) is 9.13 Å². The standard InChI is InChI=1S/C48H38N2O4S2/c1-19(2)23-11-9-12-24(20(3)4)43(23)49-45(51)27-15-31-37-39-33(55-31)17-29-36-30(48(54)50(47(29)53)44-25(21(5)6)13-10-14-26(44)22(7)8)18-34-40(42(36)39)38-32(56-34)16-28(46(49)52)35(27)41(37)38/h9-22H,1-8H3. The summed E-state index contributed by atoms with van der Waals surface area (Å²) in [5, 5.41) is 9.36. The summed E-state index contributed by atoms with van der Waals surface area (Å²) < 4.78 is 6.61. The Morgan fingerprint density at radius 3 is 0.857 bits per heavy atom. The number of pyridine rings is 2. The van der Waals surface area contributed by atoms with Gasteiger partial charge in [0.1, 0.15) is 0 Å². The molecule has 0 saturated heterocycles. The first-order valence-electron chi connectivity index (χ1n) is 19.5. The van der Waals surface area contributed by atoms with Crippen LogP contribution in [0.5, 0.6) is 0 Å². The van der Waals surface area contributed by atoms with Gasteiger partial charge in [0.25, 0.3) is 22.2 Å². The molecule has 0 fully saturated rings. The number of hydrogen-bond acceptors (Lipinski definition) is 6. The quantitative estimate of drug-likeness (QED) is 0.125. The van der Waals surface area contributed by atoms with Crippen LogP contribution in [-0.2, 0) is 0 Å². The van der Waals surface area contributed by atoms with Crippen LogP contribution in [0.2, 0.25) is 0 Å². The van der Waals surface area contributed by atoms with Crippen LogP contribution in [0.4, 0.5) is 0 Å². The third-order valence-corrected chi connectivity index (χ3v) is 14.6. The molecule has 56 heavy (non-hydrogen) atoms. The molecular weight excluding hydrogens is 733 g/mol. The molecule has 0 aliphatic heterocycles. The normalized spacial score (nSPS) is 13.2. The van der Waals surface area contributed by atoms with Crippen molar-refractivity contribution < 1.29 is 0 Å². The summed E-state index contributed by atoms with van der Waals surface area (Å²) in [4.78, 5) is 60.0. The number of rotatable bonds is 6. The smallest absolute Gasteiger partial charge is 0.266 e. The first-order chi connectivity index (χ1) is 26.8. The predicted molar refractivity (Wildman–Crippen MR) is 238 cm³/mol. The molecule has 11 aromatic rings. The number of benzene rings is 7. The molecule has 0 bridgehead atoms. The second-order valence-corrected chi connectivity index (χ2v) is 19.1. The summed E-state index contributed by atoms with van der Waals surface area (Å²) in [6, 6.07) is 20.1. The van der Waals surface area contributed by atoms with Crippen LogP contribution in [0, 0.1) is 0 Å². The summed E-state index contributed by atoms with van der Waals surface area (Å²) in [6.45, 7) is 16.8. The molecule has 4 heterocycles. The number of nitrogens with zero attached hydrogens (tertiary/aromatic N) is 2. The summed E-state index contributed by atoms with van der Waals surface area (Å²) in [6.07, 6.45) is 0. The van der Waals surface area contributed by atoms with Crippen LogP contribution in [-0.4, -0.2) is 9.13 Å². The van der Waals surface area contributed by atoms with Crippen LogP contribution >= 0.6 is 22.7 Å². The van der Waals surface area contributed by atoms with Gasteiger partial charge in [-0.3, -0.25) is 19.2 Å². The molecular formula is C48H38N2O4S2. The Kier molecular flexibility index (Phi) is 6.72. The van der Waals surface area contributed by atoms with Gasteiger partial charge in [-0.1, -0.05) is 91.8 Å². The molecule has 6 nitrogen and oxygen atoms in total. The maximum Gasteiger partial charge on any atom is 0.266 e. The van der Waals surface area contributed by atoms with Gasteiger partial charge in [-0.15, -0.1) is 22.7 Å². The van der Waals surface area contributed by atoms with Crippen molar-refractivity contribution in [2.24, 2.45) is 0 Å². The number of para-hydroxylation sites is 2. The largest absolute Gasteiger partial charge is 0.268 e. The van der Waals surface area contributed by atoms with E-state index in [2.05, 4.69) is 55.4 Å². The fourth-order valence-corrected chi connectivity index (χ4v) is 12.4. The monoisotopic (exact) mass is 770 g/mol. The first kappa shape index (κ1) is 33.9. The Balaban J connectivity index is 1.36. The predicted octanol–water partition coefficient (Wildman–Crippen LogP) is 11.7. The van der Waals surface area contributed by atoms with Crippen molar-refractivity contribution >= 4 is 106 Å². The van der Waals surface area contributed by atoms with Gasteiger partial charge in [-0.25, -0.2) is 9.13 Å². The zero-order chi connectivity index (χ0) is 39.0. The van der Waals surface area contributed by atoms with E-state index in [9.17, 15) is 0 Å². The van der Waals surface area contributed by atoms with Crippen molar-refractivity contribution in [2.75, 3.05) is 0 Å². The van der Waals surface area contributed by atoms with Crippen molar-refractivity contribution in [1.82, 2.24) is 9.13 Å². The highest BCUT2D eigenvalue weighted by molar-refractivity contribution is 7.28. The lowest BCUT2D eigenvalue weighted by atomic mass is 9.86. The van der Waals surface area contributed by atoms with Crippen LogP contribution in [0.25, 0.3) is 94.8 Å². The van der Waals surface area contributed by atoms with Crippen LogP contribution in [0.15, 0.2) is 79.8 Å². The number of hydrogen-bond donors (Lipinski definition) is 0. The van der Waals surface area contributed by atoms with Gasteiger partial charge in [0.15, 0.2) is 0 Å². The molecule has 0 atom stereocenters. The Bertz CT molecular complexity index is 3230. The molecule has 8 heteroatoms. The van der Waals surface area contributed by atoms with E-state index < -0.39 is 0 Å². The van der Waals surface area contributed by atoms with Gasteiger partial charge in [0, 0.05) is 61.9 Å². The zero-order valence-corrected chi connectivity index (χ0v) is 34.1. The van der Waals surface area contributed by atoms with E-state index in [1.807, 2.05) is 60.7 Å². The lowest BCUT2D eigenvalue weighted by Crippen LogP contribution is -2.34. The third-order valence-electron chi connectivity index (χ3n) is 12.5. The van der Waals surface area contributed by atoms with Gasteiger partial charge in [-0.2, -0.15) is 0 Å². The minimum absolute atomic E-state index is 0.0893. The fraction of sp³-hybridized carbons (Fsp3) is 0.250. The average molecular weight is 771 g/mol. The molecule has 276 valence electrons. The van der Waals surface area contributed by atoms with E-state index in [0.29, 0.717) is 43.7 Å². The Morgan fingerprint density at radius 1 is 0.375 bits per heavy atom. The Hall–Kier alpha value is -5.44. The van der Waals surface area contributed by atoms with Gasteiger partial charge in [-0.05, 0) is 70.2 Å². The van der Waals surface area contributed by atoms with Crippen molar-refractivity contribution in [1.29, 1.82) is 0 Å². The molecule has 0 unspecified atom stereocenters. The summed E-state index contributed by atoms with van der Waals surface area (Å²) in [5.74, 6) is 0.357. The molecule has 11 rings (SSSR count). The fourth-order valence-electron chi connectivity index (χ4n) is 10.0. The van der Waals surface area contributed by atoms with Gasteiger partial charge < -0.3 is 0 Å². The number of thiophene rings is 2. The molecule has 0 N–H and O–H groups in total. The molecule has 0 spiro atoms. The maximum atomic E-state index is 15.0. The third kappa shape index (κ3) is 3.96. The van der Waals surface area contributed by atoms with Crippen LogP contribution in [0.1, 0.15) is 101 Å². The van der Waals surface area contributed by atoms with Gasteiger partial charge in [0.2, 0.25) is 0 Å². The average Bonchev–Trinajstić information content (AvgIpc) is 3.73. The second kappa shape index (κ2) is 11.1. The van der Waals surface area contributed by atoms with Crippen LogP contribution in [0.3, 0.4) is 0 Å². The molecule has 0 aliphatic rings. The van der Waals surface area contributed by atoms with E-state index >= 15 is 19.2 Å². The highest BCUT2D eigenvalue weighted by Crippen LogP contribution is 2.55. The summed E-state index contributed by atoms with van der Waals surface area (Å²) in [7, 11) is 0. The Morgan fingerprint density at radius 2 is 0.625 bits per heavy atom. The number of aromatic nitrogens is 2. The maximum absolute atomic E-state index is 15.0. The van der Waals surface area contributed by atoms with E-state index in [0.717, 1.165) is 73.4 Å².